The number of carbonyl (C=O) groups excluding carboxylic acids is 2. The number of anilines is 1. The van der Waals surface area contributed by atoms with Gasteiger partial charge in [-0.1, -0.05) is 41.9 Å². The molecule has 0 bridgehead atoms. The zero-order chi connectivity index (χ0) is 19.5. The molecule has 2 saturated heterocycles. The van der Waals surface area contributed by atoms with Gasteiger partial charge in [0, 0.05) is 49.9 Å². The molecule has 28 heavy (non-hydrogen) atoms. The second-order valence-electron chi connectivity index (χ2n) is 7.38. The molecule has 0 aromatic heterocycles. The van der Waals surface area contributed by atoms with E-state index in [9.17, 15) is 9.59 Å². The highest BCUT2D eigenvalue weighted by Crippen LogP contribution is 2.29. The fraction of sp³-hybridized carbons (Fsp3) is 0.364. The van der Waals surface area contributed by atoms with Crippen molar-refractivity contribution in [2.75, 3.05) is 31.1 Å². The van der Waals surface area contributed by atoms with Crippen molar-refractivity contribution < 1.29 is 9.59 Å². The summed E-state index contributed by atoms with van der Waals surface area (Å²) in [6.45, 7) is 4.00. The maximum Gasteiger partial charge on any atom is 0.245 e. The van der Waals surface area contributed by atoms with Crippen LogP contribution >= 0.6 is 11.6 Å². The summed E-state index contributed by atoms with van der Waals surface area (Å²) in [5.74, 6) is 0.0588. The molecular weight excluding hydrogens is 374 g/mol. The van der Waals surface area contributed by atoms with Crippen molar-refractivity contribution in [1.82, 2.24) is 9.80 Å². The van der Waals surface area contributed by atoms with E-state index in [2.05, 4.69) is 29.2 Å². The molecule has 2 aliphatic rings. The monoisotopic (exact) mass is 397 g/mol. The van der Waals surface area contributed by atoms with Crippen LogP contribution in [0.5, 0.6) is 0 Å². The second-order valence-corrected chi connectivity index (χ2v) is 7.82. The first-order chi connectivity index (χ1) is 13.6. The highest BCUT2D eigenvalue weighted by Gasteiger charge is 2.39. The Labute approximate surface area is 170 Å². The van der Waals surface area contributed by atoms with E-state index in [1.165, 1.54) is 5.56 Å². The van der Waals surface area contributed by atoms with Crippen LogP contribution in [0.4, 0.5) is 5.69 Å². The minimum Gasteiger partial charge on any atom is -0.338 e. The average Bonchev–Trinajstić information content (AvgIpc) is 3.11. The van der Waals surface area contributed by atoms with Gasteiger partial charge in [-0.3, -0.25) is 19.4 Å². The molecule has 6 heteroatoms. The first-order valence-corrected chi connectivity index (χ1v) is 10.1. The topological polar surface area (TPSA) is 43.9 Å². The third-order valence-electron chi connectivity index (χ3n) is 5.53. The molecule has 2 heterocycles. The normalized spacial score (nSPS) is 20.6. The smallest absolute Gasteiger partial charge is 0.245 e. The Kier molecular flexibility index (Phi) is 5.64. The van der Waals surface area contributed by atoms with Crippen LogP contribution in [0, 0.1) is 0 Å². The van der Waals surface area contributed by atoms with E-state index in [0.717, 1.165) is 25.3 Å². The molecule has 1 atom stereocenters. The van der Waals surface area contributed by atoms with E-state index in [4.69, 9.17) is 11.6 Å². The zero-order valence-corrected chi connectivity index (χ0v) is 16.5. The van der Waals surface area contributed by atoms with E-state index in [1.54, 1.807) is 17.0 Å². The molecule has 5 nitrogen and oxygen atoms in total. The van der Waals surface area contributed by atoms with Crippen molar-refractivity contribution in [1.29, 1.82) is 0 Å². The number of carbonyl (C=O) groups is 2. The number of hydrogen-bond donors (Lipinski definition) is 0. The van der Waals surface area contributed by atoms with Crippen LogP contribution in [0.1, 0.15) is 18.4 Å². The number of piperazine rings is 1. The van der Waals surface area contributed by atoms with Gasteiger partial charge in [-0.25, -0.2) is 0 Å². The zero-order valence-electron chi connectivity index (χ0n) is 15.8. The Morgan fingerprint density at radius 3 is 2.32 bits per heavy atom. The van der Waals surface area contributed by atoms with Crippen LogP contribution in [-0.2, 0) is 16.1 Å². The molecule has 2 aliphatic heterocycles. The average molecular weight is 398 g/mol. The van der Waals surface area contributed by atoms with Gasteiger partial charge in [-0.05, 0) is 36.2 Å². The predicted molar refractivity (Wildman–Crippen MR) is 110 cm³/mol. The molecule has 0 saturated carbocycles. The van der Waals surface area contributed by atoms with Crippen LogP contribution in [0.2, 0.25) is 5.02 Å². The summed E-state index contributed by atoms with van der Waals surface area (Å²) < 4.78 is 0. The molecule has 2 fully saturated rings. The number of amides is 2. The quantitative estimate of drug-likeness (QED) is 0.795. The van der Waals surface area contributed by atoms with E-state index in [0.29, 0.717) is 31.0 Å². The van der Waals surface area contributed by atoms with Crippen molar-refractivity contribution >= 4 is 29.1 Å². The maximum atomic E-state index is 13.1. The Hall–Kier alpha value is -2.37. The van der Waals surface area contributed by atoms with Crippen molar-refractivity contribution in [2.24, 2.45) is 0 Å². The Bertz CT molecular complexity index is 833. The molecular formula is C22H24ClN3O2. The van der Waals surface area contributed by atoms with E-state index < -0.39 is 6.04 Å². The maximum absolute atomic E-state index is 13.1. The minimum absolute atomic E-state index is 0.00314. The van der Waals surface area contributed by atoms with Crippen molar-refractivity contribution in [3.63, 3.8) is 0 Å². The Balaban J connectivity index is 1.39. The fourth-order valence-corrected chi connectivity index (χ4v) is 4.15. The largest absolute Gasteiger partial charge is 0.338 e. The van der Waals surface area contributed by atoms with Gasteiger partial charge >= 0.3 is 0 Å². The van der Waals surface area contributed by atoms with Gasteiger partial charge in [0.25, 0.3) is 0 Å². The van der Waals surface area contributed by atoms with Crippen molar-refractivity contribution in [3.05, 3.63) is 65.2 Å². The number of rotatable bonds is 4. The third kappa shape index (κ3) is 4.05. The van der Waals surface area contributed by atoms with Gasteiger partial charge in [0.15, 0.2) is 0 Å². The van der Waals surface area contributed by atoms with Gasteiger partial charge in [0.05, 0.1) is 0 Å². The summed E-state index contributed by atoms with van der Waals surface area (Å²) >= 11 is 5.96. The lowest BCUT2D eigenvalue weighted by atomic mass is 10.1. The lowest BCUT2D eigenvalue weighted by molar-refractivity contribution is -0.134. The Morgan fingerprint density at radius 1 is 0.964 bits per heavy atom. The first kappa shape index (κ1) is 19.0. The van der Waals surface area contributed by atoms with Crippen LogP contribution in [0.25, 0.3) is 0 Å². The van der Waals surface area contributed by atoms with E-state index in [-0.39, 0.29) is 11.8 Å². The Morgan fingerprint density at radius 2 is 1.64 bits per heavy atom. The molecule has 146 valence electrons. The number of halogens is 1. The molecule has 2 aromatic rings. The minimum atomic E-state index is -0.408. The van der Waals surface area contributed by atoms with Crippen molar-refractivity contribution in [3.8, 4) is 0 Å². The SMILES string of the molecule is O=C(C1CCC(=O)N1c1ccc(Cl)cc1)N1CCN(Cc2ccccc2)CC1. The van der Waals surface area contributed by atoms with Crippen LogP contribution < -0.4 is 4.90 Å². The molecule has 2 amide bonds. The molecule has 0 N–H and O–H groups in total. The number of benzene rings is 2. The molecule has 2 aromatic carbocycles. The van der Waals surface area contributed by atoms with Gasteiger partial charge in [-0.2, -0.15) is 0 Å². The standard InChI is InChI=1S/C22H24ClN3O2/c23-18-6-8-19(9-7-18)26-20(10-11-21(26)27)22(28)25-14-12-24(13-15-25)16-17-4-2-1-3-5-17/h1-9,20H,10-16H2. The molecule has 1 unspecified atom stereocenters. The molecule has 0 radical (unpaired) electrons. The van der Waals surface area contributed by atoms with Crippen LogP contribution in [0.3, 0.4) is 0 Å². The van der Waals surface area contributed by atoms with E-state index >= 15 is 0 Å². The summed E-state index contributed by atoms with van der Waals surface area (Å²) in [5, 5.41) is 0.618. The summed E-state index contributed by atoms with van der Waals surface area (Å²) in [5.41, 5.74) is 2.03. The van der Waals surface area contributed by atoms with Crippen molar-refractivity contribution in [2.45, 2.75) is 25.4 Å². The summed E-state index contributed by atoms with van der Waals surface area (Å²) in [4.78, 5) is 31.5. The van der Waals surface area contributed by atoms with Gasteiger partial charge in [0.2, 0.25) is 11.8 Å². The van der Waals surface area contributed by atoms with Gasteiger partial charge in [-0.15, -0.1) is 0 Å². The van der Waals surface area contributed by atoms with Crippen LogP contribution in [-0.4, -0.2) is 53.8 Å². The third-order valence-corrected chi connectivity index (χ3v) is 5.79. The molecule has 0 spiro atoms. The molecule has 4 rings (SSSR count). The number of hydrogen-bond acceptors (Lipinski definition) is 3. The van der Waals surface area contributed by atoms with Gasteiger partial charge in [0.1, 0.15) is 6.04 Å². The summed E-state index contributed by atoms with van der Waals surface area (Å²) in [7, 11) is 0. The second kappa shape index (κ2) is 8.33. The summed E-state index contributed by atoms with van der Waals surface area (Å²) in [6, 6.07) is 17.1. The summed E-state index contributed by atoms with van der Waals surface area (Å²) in [6.07, 6.45) is 0.984. The highest BCUT2D eigenvalue weighted by molar-refractivity contribution is 6.30. The van der Waals surface area contributed by atoms with E-state index in [1.807, 2.05) is 23.1 Å². The highest BCUT2D eigenvalue weighted by atomic mass is 35.5. The fourth-order valence-electron chi connectivity index (χ4n) is 4.02. The number of nitrogens with zero attached hydrogens (tertiary/aromatic N) is 3. The lowest BCUT2D eigenvalue weighted by Gasteiger charge is -2.37. The predicted octanol–water partition coefficient (Wildman–Crippen LogP) is 3.18. The van der Waals surface area contributed by atoms with Gasteiger partial charge < -0.3 is 4.90 Å². The molecule has 0 aliphatic carbocycles. The first-order valence-electron chi connectivity index (χ1n) is 9.74. The lowest BCUT2D eigenvalue weighted by Crippen LogP contribution is -2.54. The van der Waals surface area contributed by atoms with Crippen LogP contribution in [0.15, 0.2) is 54.6 Å².